The lowest BCUT2D eigenvalue weighted by Gasteiger charge is -2.05. The van der Waals surface area contributed by atoms with Crippen LogP contribution in [0.25, 0.3) is 0 Å². The highest BCUT2D eigenvalue weighted by Crippen LogP contribution is 2.26. The van der Waals surface area contributed by atoms with Gasteiger partial charge in [-0.05, 0) is 25.5 Å². The molecule has 1 aromatic carbocycles. The summed E-state index contributed by atoms with van der Waals surface area (Å²) in [6.45, 7) is 2.88. The molecule has 0 radical (unpaired) electrons. The zero-order valence-corrected chi connectivity index (χ0v) is 7.90. The van der Waals surface area contributed by atoms with E-state index in [1.807, 2.05) is 0 Å². The summed E-state index contributed by atoms with van der Waals surface area (Å²) in [6.07, 6.45) is 0. The van der Waals surface area contributed by atoms with Crippen LogP contribution in [-0.4, -0.2) is 10.7 Å². The molecule has 0 amide bonds. The lowest BCUT2D eigenvalue weighted by Crippen LogP contribution is -2.05. The maximum atomic E-state index is 11.2. The Morgan fingerprint density at radius 2 is 2.07 bits per heavy atom. The van der Waals surface area contributed by atoms with Crippen LogP contribution in [0.3, 0.4) is 0 Å². The molecule has 0 saturated heterocycles. The second-order valence-electron chi connectivity index (χ2n) is 2.99. The summed E-state index contributed by atoms with van der Waals surface area (Å²) >= 11 is 0. The zero-order valence-electron chi connectivity index (χ0n) is 7.90. The fourth-order valence-corrected chi connectivity index (χ4v) is 1.31. The van der Waals surface area contributed by atoms with Crippen molar-refractivity contribution in [3.05, 3.63) is 33.4 Å². The van der Waals surface area contributed by atoms with Gasteiger partial charge in [-0.2, -0.15) is 0 Å². The van der Waals surface area contributed by atoms with Gasteiger partial charge < -0.3 is 5.73 Å². The number of hydrogen-bond acceptors (Lipinski definition) is 4. The summed E-state index contributed by atoms with van der Waals surface area (Å²) in [7, 11) is 0. The van der Waals surface area contributed by atoms with Gasteiger partial charge in [-0.3, -0.25) is 14.9 Å². The topological polar surface area (TPSA) is 86.2 Å². The Hall–Kier alpha value is -1.91. The van der Waals surface area contributed by atoms with Gasteiger partial charge in [0, 0.05) is 11.8 Å². The molecule has 0 saturated carbocycles. The summed E-state index contributed by atoms with van der Waals surface area (Å²) in [4.78, 5) is 21.2. The minimum atomic E-state index is -0.580. The minimum Gasteiger partial charge on any atom is -0.398 e. The SMILES string of the molecule is CC(=O)c1c([N+](=O)[O-])ccc(N)c1C. The lowest BCUT2D eigenvalue weighted by atomic mass is 10.0. The van der Waals surface area contributed by atoms with Crippen LogP contribution in [0.5, 0.6) is 0 Å². The number of ketones is 1. The second-order valence-corrected chi connectivity index (χ2v) is 2.99. The normalized spacial score (nSPS) is 9.86. The monoisotopic (exact) mass is 194 g/mol. The highest BCUT2D eigenvalue weighted by atomic mass is 16.6. The van der Waals surface area contributed by atoms with Crippen LogP contribution in [0.1, 0.15) is 22.8 Å². The molecule has 0 spiro atoms. The molecule has 0 aliphatic rings. The summed E-state index contributed by atoms with van der Waals surface area (Å²) in [5.74, 6) is -0.346. The Balaban J connectivity index is 3.53. The summed E-state index contributed by atoms with van der Waals surface area (Å²) in [5, 5.41) is 10.6. The zero-order chi connectivity index (χ0) is 10.9. The summed E-state index contributed by atoms with van der Waals surface area (Å²) < 4.78 is 0. The average molecular weight is 194 g/mol. The number of nitrogens with two attached hydrogens (primary N) is 1. The van der Waals surface area contributed by atoms with Gasteiger partial charge in [0.05, 0.1) is 10.5 Å². The Morgan fingerprint density at radius 3 is 2.50 bits per heavy atom. The molecule has 1 rings (SSSR count). The molecule has 74 valence electrons. The Kier molecular flexibility index (Phi) is 2.51. The predicted octanol–water partition coefficient (Wildman–Crippen LogP) is 1.69. The van der Waals surface area contributed by atoms with E-state index in [0.717, 1.165) is 0 Å². The van der Waals surface area contributed by atoms with Gasteiger partial charge in [0.1, 0.15) is 0 Å². The van der Waals surface area contributed by atoms with Gasteiger partial charge in [0.2, 0.25) is 0 Å². The van der Waals surface area contributed by atoms with E-state index in [4.69, 9.17) is 5.73 Å². The molecule has 5 heteroatoms. The maximum absolute atomic E-state index is 11.2. The Bertz CT molecular complexity index is 413. The molecule has 0 aliphatic carbocycles. The predicted molar refractivity (Wildman–Crippen MR) is 52.3 cm³/mol. The first-order chi connectivity index (χ1) is 6.45. The van der Waals surface area contributed by atoms with E-state index in [2.05, 4.69) is 0 Å². The molecule has 0 aromatic heterocycles. The highest BCUT2D eigenvalue weighted by molar-refractivity contribution is 6.00. The largest absolute Gasteiger partial charge is 0.398 e. The fourth-order valence-electron chi connectivity index (χ4n) is 1.31. The molecular weight excluding hydrogens is 184 g/mol. The van der Waals surface area contributed by atoms with E-state index >= 15 is 0 Å². The number of nitrogen functional groups attached to an aromatic ring is 1. The second kappa shape index (κ2) is 3.45. The molecule has 0 atom stereocenters. The van der Waals surface area contributed by atoms with E-state index in [1.165, 1.54) is 19.1 Å². The molecule has 0 unspecified atom stereocenters. The molecule has 1 aromatic rings. The van der Waals surface area contributed by atoms with Crippen molar-refractivity contribution in [2.24, 2.45) is 0 Å². The smallest absolute Gasteiger partial charge is 0.280 e. The number of nitro groups is 1. The number of Topliss-reactive ketones (excluding diaryl/α,β-unsaturated/α-hetero) is 1. The number of nitrogens with zero attached hydrogens (tertiary/aromatic N) is 1. The van der Waals surface area contributed by atoms with Crippen molar-refractivity contribution in [3.63, 3.8) is 0 Å². The van der Waals surface area contributed by atoms with Crippen LogP contribution in [0, 0.1) is 17.0 Å². The van der Waals surface area contributed by atoms with Gasteiger partial charge >= 0.3 is 0 Å². The number of nitro benzene ring substituents is 1. The third-order valence-electron chi connectivity index (χ3n) is 2.03. The molecule has 14 heavy (non-hydrogen) atoms. The number of rotatable bonds is 2. The van der Waals surface area contributed by atoms with E-state index in [1.54, 1.807) is 6.92 Å². The van der Waals surface area contributed by atoms with E-state index in [9.17, 15) is 14.9 Å². The van der Waals surface area contributed by atoms with Crippen molar-refractivity contribution in [3.8, 4) is 0 Å². The molecule has 0 fully saturated rings. The van der Waals surface area contributed by atoms with Crippen molar-refractivity contribution in [2.45, 2.75) is 13.8 Å². The van der Waals surface area contributed by atoms with Crippen molar-refractivity contribution >= 4 is 17.2 Å². The molecule has 0 bridgehead atoms. The van der Waals surface area contributed by atoms with Gasteiger partial charge in [-0.1, -0.05) is 0 Å². The number of carbonyl (C=O) groups excluding carboxylic acids is 1. The van der Waals surface area contributed by atoms with Gasteiger partial charge in [0.25, 0.3) is 5.69 Å². The van der Waals surface area contributed by atoms with Crippen molar-refractivity contribution in [1.82, 2.24) is 0 Å². The molecule has 0 heterocycles. The van der Waals surface area contributed by atoms with Crippen molar-refractivity contribution < 1.29 is 9.72 Å². The van der Waals surface area contributed by atoms with E-state index in [0.29, 0.717) is 11.3 Å². The number of benzene rings is 1. The van der Waals surface area contributed by atoms with Crippen LogP contribution in [0.2, 0.25) is 0 Å². The molecule has 5 nitrogen and oxygen atoms in total. The number of carbonyl (C=O) groups is 1. The fraction of sp³-hybridized carbons (Fsp3) is 0.222. The summed E-state index contributed by atoms with van der Waals surface area (Å²) in [5.41, 5.74) is 6.31. The molecule has 0 aliphatic heterocycles. The quantitative estimate of drug-likeness (QED) is 0.336. The average Bonchev–Trinajstić information content (AvgIpc) is 2.08. The third kappa shape index (κ3) is 1.56. The lowest BCUT2D eigenvalue weighted by molar-refractivity contribution is -0.385. The molecular formula is C9H10N2O3. The maximum Gasteiger partial charge on any atom is 0.280 e. The third-order valence-corrected chi connectivity index (χ3v) is 2.03. The van der Waals surface area contributed by atoms with Gasteiger partial charge in [-0.15, -0.1) is 0 Å². The van der Waals surface area contributed by atoms with Crippen molar-refractivity contribution in [1.29, 1.82) is 0 Å². The number of hydrogen-bond donors (Lipinski definition) is 1. The highest BCUT2D eigenvalue weighted by Gasteiger charge is 2.20. The first-order valence-electron chi connectivity index (χ1n) is 3.99. The number of anilines is 1. The van der Waals surface area contributed by atoms with Crippen molar-refractivity contribution in [2.75, 3.05) is 5.73 Å². The minimum absolute atomic E-state index is 0.0926. The first kappa shape index (κ1) is 10.2. The van der Waals surface area contributed by atoms with E-state index < -0.39 is 4.92 Å². The van der Waals surface area contributed by atoms with Crippen LogP contribution in [0.15, 0.2) is 12.1 Å². The van der Waals surface area contributed by atoms with Gasteiger partial charge in [0.15, 0.2) is 5.78 Å². The van der Waals surface area contributed by atoms with Crippen LogP contribution in [0.4, 0.5) is 11.4 Å². The first-order valence-corrected chi connectivity index (χ1v) is 3.99. The standard InChI is InChI=1S/C9H10N2O3/c1-5-7(10)3-4-8(11(13)14)9(5)6(2)12/h3-4H,10H2,1-2H3. The summed E-state index contributed by atoms with van der Waals surface area (Å²) in [6, 6.07) is 2.68. The van der Waals surface area contributed by atoms with E-state index in [-0.39, 0.29) is 17.0 Å². The van der Waals surface area contributed by atoms with Crippen LogP contribution in [-0.2, 0) is 0 Å². The Labute approximate surface area is 80.7 Å². The van der Waals surface area contributed by atoms with Crippen LogP contribution >= 0.6 is 0 Å². The molecule has 2 N–H and O–H groups in total. The van der Waals surface area contributed by atoms with Gasteiger partial charge in [-0.25, -0.2) is 0 Å². The van der Waals surface area contributed by atoms with Crippen LogP contribution < -0.4 is 5.73 Å². The Morgan fingerprint density at radius 1 is 1.50 bits per heavy atom.